The minimum absolute atomic E-state index is 0.256. The molecule has 1 N–H and O–H groups in total. The average molecular weight is 264 g/mol. The fourth-order valence-corrected chi connectivity index (χ4v) is 2.98. The molecule has 2 heterocycles. The summed E-state index contributed by atoms with van der Waals surface area (Å²) in [5.74, 6) is 0.986. The Labute approximate surface area is 112 Å². The number of aryl methyl sites for hydroxylation is 2. The Bertz CT molecular complexity index is 476. The summed E-state index contributed by atoms with van der Waals surface area (Å²) in [5.41, 5.74) is 1.24. The summed E-state index contributed by atoms with van der Waals surface area (Å²) in [6.07, 6.45) is 3.72. The largest absolute Gasteiger partial charge is 0.468 e. The van der Waals surface area contributed by atoms with E-state index < -0.39 is 0 Å². The van der Waals surface area contributed by atoms with Gasteiger partial charge in [-0.15, -0.1) is 11.3 Å². The van der Waals surface area contributed by atoms with Gasteiger partial charge in [0.05, 0.1) is 23.0 Å². The normalized spacial score (nSPS) is 12.8. The van der Waals surface area contributed by atoms with Crippen molar-refractivity contribution in [2.45, 2.75) is 39.7 Å². The van der Waals surface area contributed by atoms with Gasteiger partial charge in [-0.2, -0.15) is 0 Å². The van der Waals surface area contributed by atoms with Crippen LogP contribution in [0, 0.1) is 6.92 Å². The van der Waals surface area contributed by atoms with Gasteiger partial charge in [-0.1, -0.05) is 6.92 Å². The number of rotatable bonds is 6. The van der Waals surface area contributed by atoms with E-state index in [1.165, 1.54) is 15.6 Å². The molecular formula is C14H20N2OS. The maximum absolute atomic E-state index is 5.36. The molecule has 0 radical (unpaired) electrons. The van der Waals surface area contributed by atoms with E-state index in [0.29, 0.717) is 0 Å². The van der Waals surface area contributed by atoms with Crippen LogP contribution in [0.25, 0.3) is 0 Å². The number of nitrogens with one attached hydrogen (secondary N) is 1. The summed E-state index contributed by atoms with van der Waals surface area (Å²) in [4.78, 5) is 6.00. The summed E-state index contributed by atoms with van der Waals surface area (Å²) in [5, 5.41) is 4.68. The molecule has 0 aliphatic rings. The van der Waals surface area contributed by atoms with Crippen molar-refractivity contribution >= 4 is 11.3 Å². The van der Waals surface area contributed by atoms with Crippen molar-refractivity contribution in [1.29, 1.82) is 0 Å². The molecule has 98 valence electrons. The Morgan fingerprint density at radius 1 is 1.50 bits per heavy atom. The topological polar surface area (TPSA) is 38.1 Å². The van der Waals surface area contributed by atoms with Crippen molar-refractivity contribution in [2.75, 3.05) is 6.54 Å². The molecule has 0 saturated carbocycles. The van der Waals surface area contributed by atoms with Crippen molar-refractivity contribution in [3.8, 4) is 0 Å². The van der Waals surface area contributed by atoms with Crippen LogP contribution >= 0.6 is 11.3 Å². The van der Waals surface area contributed by atoms with Crippen molar-refractivity contribution in [3.63, 3.8) is 0 Å². The molecule has 1 atom stereocenters. The Hall–Kier alpha value is -1.13. The summed E-state index contributed by atoms with van der Waals surface area (Å²) in [6, 6.07) is 4.18. The van der Waals surface area contributed by atoms with Crippen LogP contribution in [0.15, 0.2) is 22.8 Å². The highest BCUT2D eigenvalue weighted by molar-refractivity contribution is 7.11. The first-order valence-electron chi connectivity index (χ1n) is 6.42. The van der Waals surface area contributed by atoms with E-state index in [1.807, 2.05) is 23.5 Å². The zero-order valence-corrected chi connectivity index (χ0v) is 12.0. The molecule has 0 amide bonds. The van der Waals surface area contributed by atoms with E-state index in [4.69, 9.17) is 4.42 Å². The highest BCUT2D eigenvalue weighted by Gasteiger charge is 2.09. The van der Waals surface area contributed by atoms with Gasteiger partial charge in [-0.3, -0.25) is 0 Å². The Morgan fingerprint density at radius 3 is 2.94 bits per heavy atom. The Balaban J connectivity index is 1.81. The molecule has 0 spiro atoms. The molecule has 2 aromatic rings. The van der Waals surface area contributed by atoms with Crippen molar-refractivity contribution in [1.82, 2.24) is 10.3 Å². The lowest BCUT2D eigenvalue weighted by Gasteiger charge is -2.09. The molecule has 4 heteroatoms. The van der Waals surface area contributed by atoms with Gasteiger partial charge in [0.25, 0.3) is 0 Å². The van der Waals surface area contributed by atoms with Gasteiger partial charge in [0.15, 0.2) is 0 Å². The van der Waals surface area contributed by atoms with Gasteiger partial charge in [-0.05, 0) is 32.4 Å². The zero-order valence-electron chi connectivity index (χ0n) is 11.2. The SMILES string of the molecule is CCc1nc(CCNC(C)c2ccco2)sc1C. The van der Waals surface area contributed by atoms with Gasteiger partial charge in [0.1, 0.15) is 5.76 Å². The lowest BCUT2D eigenvalue weighted by Crippen LogP contribution is -2.20. The maximum atomic E-state index is 5.36. The molecule has 0 aromatic carbocycles. The van der Waals surface area contributed by atoms with Crippen LogP contribution in [0.1, 0.15) is 41.2 Å². The predicted molar refractivity (Wildman–Crippen MR) is 75.1 cm³/mol. The summed E-state index contributed by atoms with van der Waals surface area (Å²) in [7, 11) is 0. The van der Waals surface area contributed by atoms with Gasteiger partial charge < -0.3 is 9.73 Å². The molecule has 0 aliphatic heterocycles. The van der Waals surface area contributed by atoms with E-state index in [0.717, 1.165) is 25.1 Å². The summed E-state index contributed by atoms with van der Waals surface area (Å²) < 4.78 is 5.36. The number of furan rings is 1. The Morgan fingerprint density at radius 2 is 2.33 bits per heavy atom. The smallest absolute Gasteiger partial charge is 0.120 e. The van der Waals surface area contributed by atoms with Crippen LogP contribution in [0.4, 0.5) is 0 Å². The zero-order chi connectivity index (χ0) is 13.0. The second-order valence-electron chi connectivity index (χ2n) is 4.41. The number of hydrogen-bond donors (Lipinski definition) is 1. The van der Waals surface area contributed by atoms with E-state index in [9.17, 15) is 0 Å². The number of hydrogen-bond acceptors (Lipinski definition) is 4. The standard InChI is InChI=1S/C14H20N2OS/c1-4-12-11(3)18-14(16-12)7-8-15-10(2)13-6-5-9-17-13/h5-6,9-10,15H,4,7-8H2,1-3H3. The second kappa shape index (κ2) is 6.16. The third kappa shape index (κ3) is 3.21. The third-order valence-electron chi connectivity index (χ3n) is 3.03. The molecule has 0 saturated heterocycles. The first-order chi connectivity index (χ1) is 8.70. The summed E-state index contributed by atoms with van der Waals surface area (Å²) in [6.45, 7) is 7.35. The fraction of sp³-hybridized carbons (Fsp3) is 0.500. The quantitative estimate of drug-likeness (QED) is 0.867. The molecular weight excluding hydrogens is 244 g/mol. The van der Waals surface area contributed by atoms with Gasteiger partial charge in [0, 0.05) is 17.8 Å². The van der Waals surface area contributed by atoms with E-state index in [1.54, 1.807) is 6.26 Å². The van der Waals surface area contributed by atoms with Crippen molar-refractivity contribution in [3.05, 3.63) is 39.7 Å². The number of nitrogens with zero attached hydrogens (tertiary/aromatic N) is 1. The van der Waals surface area contributed by atoms with Crippen LogP contribution in [0.3, 0.4) is 0 Å². The molecule has 0 aliphatic carbocycles. The molecule has 1 unspecified atom stereocenters. The third-order valence-corrected chi connectivity index (χ3v) is 4.10. The predicted octanol–water partition coefficient (Wildman–Crippen LogP) is 3.50. The van der Waals surface area contributed by atoms with Crippen LogP contribution < -0.4 is 5.32 Å². The number of thiazole rings is 1. The van der Waals surface area contributed by atoms with Crippen molar-refractivity contribution in [2.24, 2.45) is 0 Å². The minimum atomic E-state index is 0.256. The van der Waals surface area contributed by atoms with E-state index >= 15 is 0 Å². The van der Waals surface area contributed by atoms with Gasteiger partial charge in [-0.25, -0.2) is 4.98 Å². The summed E-state index contributed by atoms with van der Waals surface area (Å²) >= 11 is 1.81. The molecule has 2 rings (SSSR count). The maximum Gasteiger partial charge on any atom is 0.120 e. The van der Waals surface area contributed by atoms with Crippen LogP contribution in [0.2, 0.25) is 0 Å². The van der Waals surface area contributed by atoms with E-state index in [-0.39, 0.29) is 6.04 Å². The highest BCUT2D eigenvalue weighted by atomic mass is 32.1. The average Bonchev–Trinajstić information content (AvgIpc) is 2.98. The molecule has 0 fully saturated rings. The first kappa shape index (κ1) is 13.3. The number of aromatic nitrogens is 1. The molecule has 0 bridgehead atoms. The van der Waals surface area contributed by atoms with Gasteiger partial charge in [0.2, 0.25) is 0 Å². The van der Waals surface area contributed by atoms with E-state index in [2.05, 4.69) is 31.1 Å². The molecule has 18 heavy (non-hydrogen) atoms. The Kier molecular flexibility index (Phi) is 4.55. The molecule has 3 nitrogen and oxygen atoms in total. The lowest BCUT2D eigenvalue weighted by atomic mass is 10.2. The van der Waals surface area contributed by atoms with Crippen LogP contribution in [-0.4, -0.2) is 11.5 Å². The van der Waals surface area contributed by atoms with Crippen LogP contribution in [0.5, 0.6) is 0 Å². The second-order valence-corrected chi connectivity index (χ2v) is 5.69. The van der Waals surface area contributed by atoms with Crippen LogP contribution in [-0.2, 0) is 12.8 Å². The minimum Gasteiger partial charge on any atom is -0.468 e. The lowest BCUT2D eigenvalue weighted by molar-refractivity contribution is 0.432. The monoisotopic (exact) mass is 264 g/mol. The fourth-order valence-electron chi connectivity index (χ4n) is 1.96. The molecule has 2 aromatic heterocycles. The highest BCUT2D eigenvalue weighted by Crippen LogP contribution is 2.18. The van der Waals surface area contributed by atoms with Crippen molar-refractivity contribution < 1.29 is 4.42 Å². The van der Waals surface area contributed by atoms with Gasteiger partial charge >= 0.3 is 0 Å². The first-order valence-corrected chi connectivity index (χ1v) is 7.24.